The number of rotatable bonds is 3. The molecule has 0 radical (unpaired) electrons. The predicted molar refractivity (Wildman–Crippen MR) is 65.6 cm³/mol. The van der Waals surface area contributed by atoms with Gasteiger partial charge in [0.05, 0.1) is 0 Å². The Morgan fingerprint density at radius 3 is 2.69 bits per heavy atom. The number of nitrogens with zero attached hydrogens (tertiary/aromatic N) is 1. The van der Waals surface area contributed by atoms with Crippen LogP contribution in [0.5, 0.6) is 0 Å². The number of hydrogen-bond acceptors (Lipinski definition) is 2. The second-order valence-electron chi connectivity index (χ2n) is 4.59. The van der Waals surface area contributed by atoms with Crippen LogP contribution < -0.4 is 0 Å². The summed E-state index contributed by atoms with van der Waals surface area (Å²) >= 11 is 0. The highest BCUT2D eigenvalue weighted by molar-refractivity contribution is 5.94. The fourth-order valence-electron chi connectivity index (χ4n) is 2.26. The molecule has 2 heteroatoms. The van der Waals surface area contributed by atoms with Gasteiger partial charge in [0, 0.05) is 12.1 Å². The second kappa shape index (κ2) is 5.26. The van der Waals surface area contributed by atoms with E-state index in [4.69, 9.17) is 0 Å². The quantitative estimate of drug-likeness (QED) is 0.726. The van der Waals surface area contributed by atoms with Crippen LogP contribution in [-0.4, -0.2) is 23.8 Å². The van der Waals surface area contributed by atoms with Crippen molar-refractivity contribution in [1.29, 1.82) is 0 Å². The molecule has 2 rings (SSSR count). The van der Waals surface area contributed by atoms with Gasteiger partial charge in [-0.2, -0.15) is 0 Å². The van der Waals surface area contributed by atoms with E-state index in [0.717, 1.165) is 12.1 Å². The largest absolute Gasteiger partial charge is 0.299 e. The molecule has 0 atom stereocenters. The van der Waals surface area contributed by atoms with Gasteiger partial charge < -0.3 is 0 Å². The van der Waals surface area contributed by atoms with Gasteiger partial charge in [-0.1, -0.05) is 24.6 Å². The smallest absolute Gasteiger partial charge is 0.159 e. The Morgan fingerprint density at radius 1 is 1.25 bits per heavy atom. The number of carbonyl (C=O) groups is 1. The summed E-state index contributed by atoms with van der Waals surface area (Å²) in [5.41, 5.74) is 2.09. The normalized spacial score (nSPS) is 17.3. The zero-order valence-corrected chi connectivity index (χ0v) is 9.91. The Morgan fingerprint density at radius 2 is 2.00 bits per heavy atom. The van der Waals surface area contributed by atoms with Crippen molar-refractivity contribution in [2.45, 2.75) is 32.7 Å². The molecule has 0 bridgehead atoms. The van der Waals surface area contributed by atoms with Crippen molar-refractivity contribution in [3.8, 4) is 0 Å². The first kappa shape index (κ1) is 11.3. The molecule has 0 spiro atoms. The van der Waals surface area contributed by atoms with E-state index in [1.54, 1.807) is 6.92 Å². The van der Waals surface area contributed by atoms with Gasteiger partial charge in [0.2, 0.25) is 0 Å². The maximum absolute atomic E-state index is 11.3. The Labute approximate surface area is 97.3 Å². The minimum absolute atomic E-state index is 0.153. The molecule has 1 fully saturated rings. The molecule has 0 aromatic heterocycles. The number of Topliss-reactive ketones (excluding diaryl/α,β-unsaturated/α-hetero) is 1. The summed E-state index contributed by atoms with van der Waals surface area (Å²) in [6, 6.07) is 8.01. The number of likely N-dealkylation sites (tertiary alicyclic amines) is 1. The van der Waals surface area contributed by atoms with E-state index in [-0.39, 0.29) is 5.78 Å². The van der Waals surface area contributed by atoms with Crippen molar-refractivity contribution in [3.05, 3.63) is 35.4 Å². The van der Waals surface area contributed by atoms with Crippen LogP contribution in [-0.2, 0) is 6.54 Å². The summed E-state index contributed by atoms with van der Waals surface area (Å²) in [5.74, 6) is 0.153. The van der Waals surface area contributed by atoms with Gasteiger partial charge in [-0.3, -0.25) is 9.69 Å². The van der Waals surface area contributed by atoms with E-state index in [9.17, 15) is 4.79 Å². The van der Waals surface area contributed by atoms with Crippen molar-refractivity contribution in [1.82, 2.24) is 4.90 Å². The fourth-order valence-corrected chi connectivity index (χ4v) is 2.26. The molecule has 1 aliphatic heterocycles. The maximum Gasteiger partial charge on any atom is 0.159 e. The van der Waals surface area contributed by atoms with Gasteiger partial charge in [0.15, 0.2) is 5.78 Å². The van der Waals surface area contributed by atoms with Gasteiger partial charge in [-0.05, 0) is 44.5 Å². The predicted octanol–water partition coefficient (Wildman–Crippen LogP) is 2.88. The number of ketones is 1. The molecular formula is C14H19NO. The Balaban J connectivity index is 2.02. The molecule has 0 N–H and O–H groups in total. The van der Waals surface area contributed by atoms with Crippen molar-refractivity contribution in [2.24, 2.45) is 0 Å². The van der Waals surface area contributed by atoms with E-state index in [1.807, 2.05) is 18.2 Å². The molecular weight excluding hydrogens is 198 g/mol. The summed E-state index contributed by atoms with van der Waals surface area (Å²) < 4.78 is 0. The number of hydrogen-bond donors (Lipinski definition) is 0. The third-order valence-corrected chi connectivity index (χ3v) is 3.19. The molecule has 0 amide bonds. The maximum atomic E-state index is 11.3. The fraction of sp³-hybridized carbons (Fsp3) is 0.500. The van der Waals surface area contributed by atoms with Crippen molar-refractivity contribution < 1.29 is 4.79 Å². The first-order chi connectivity index (χ1) is 7.75. The molecule has 16 heavy (non-hydrogen) atoms. The SMILES string of the molecule is CC(=O)c1cccc(CN2CCCCC2)c1. The lowest BCUT2D eigenvalue weighted by Crippen LogP contribution is -2.29. The van der Waals surface area contributed by atoms with Gasteiger partial charge in [-0.15, -0.1) is 0 Å². The van der Waals surface area contributed by atoms with Crippen LogP contribution in [0.15, 0.2) is 24.3 Å². The third kappa shape index (κ3) is 2.92. The monoisotopic (exact) mass is 217 g/mol. The summed E-state index contributed by atoms with van der Waals surface area (Å²) in [6.07, 6.45) is 3.99. The van der Waals surface area contributed by atoms with Gasteiger partial charge in [-0.25, -0.2) is 0 Å². The summed E-state index contributed by atoms with van der Waals surface area (Å²) in [5, 5.41) is 0. The lowest BCUT2D eigenvalue weighted by molar-refractivity contribution is 0.101. The zero-order chi connectivity index (χ0) is 11.4. The second-order valence-corrected chi connectivity index (χ2v) is 4.59. The molecule has 0 saturated carbocycles. The lowest BCUT2D eigenvalue weighted by Gasteiger charge is -2.26. The van der Waals surface area contributed by atoms with Crippen LogP contribution in [0.4, 0.5) is 0 Å². The van der Waals surface area contributed by atoms with E-state index in [1.165, 1.54) is 37.9 Å². The van der Waals surface area contributed by atoms with Crippen LogP contribution >= 0.6 is 0 Å². The summed E-state index contributed by atoms with van der Waals surface area (Å²) in [6.45, 7) is 5.01. The lowest BCUT2D eigenvalue weighted by atomic mass is 10.1. The highest BCUT2D eigenvalue weighted by Crippen LogP contribution is 2.14. The van der Waals surface area contributed by atoms with Crippen LogP contribution in [0.1, 0.15) is 42.1 Å². The van der Waals surface area contributed by atoms with Gasteiger partial charge in [0.1, 0.15) is 0 Å². The molecule has 1 aromatic carbocycles. The van der Waals surface area contributed by atoms with Crippen LogP contribution in [0.3, 0.4) is 0 Å². The summed E-state index contributed by atoms with van der Waals surface area (Å²) in [4.78, 5) is 13.8. The van der Waals surface area contributed by atoms with E-state index in [2.05, 4.69) is 11.0 Å². The topological polar surface area (TPSA) is 20.3 Å². The first-order valence-electron chi connectivity index (χ1n) is 6.08. The van der Waals surface area contributed by atoms with Gasteiger partial charge >= 0.3 is 0 Å². The Bertz CT molecular complexity index is 367. The van der Waals surface area contributed by atoms with Crippen molar-refractivity contribution >= 4 is 5.78 Å². The highest BCUT2D eigenvalue weighted by atomic mass is 16.1. The van der Waals surface area contributed by atoms with E-state index >= 15 is 0 Å². The number of carbonyl (C=O) groups excluding carboxylic acids is 1. The van der Waals surface area contributed by atoms with Crippen LogP contribution in [0, 0.1) is 0 Å². The van der Waals surface area contributed by atoms with Crippen molar-refractivity contribution in [3.63, 3.8) is 0 Å². The Kier molecular flexibility index (Phi) is 3.73. The average Bonchev–Trinajstić information content (AvgIpc) is 2.30. The number of piperidine rings is 1. The molecule has 2 nitrogen and oxygen atoms in total. The third-order valence-electron chi connectivity index (χ3n) is 3.19. The van der Waals surface area contributed by atoms with E-state index < -0.39 is 0 Å². The molecule has 0 aliphatic carbocycles. The van der Waals surface area contributed by atoms with Gasteiger partial charge in [0.25, 0.3) is 0 Å². The minimum Gasteiger partial charge on any atom is -0.299 e. The average molecular weight is 217 g/mol. The molecule has 1 heterocycles. The minimum atomic E-state index is 0.153. The standard InChI is InChI=1S/C14H19NO/c1-12(16)14-7-5-6-13(10-14)11-15-8-3-2-4-9-15/h5-7,10H,2-4,8-9,11H2,1H3. The molecule has 1 aliphatic rings. The van der Waals surface area contributed by atoms with Crippen LogP contribution in [0.2, 0.25) is 0 Å². The molecule has 86 valence electrons. The molecule has 1 aromatic rings. The molecule has 1 saturated heterocycles. The number of benzene rings is 1. The van der Waals surface area contributed by atoms with Crippen molar-refractivity contribution in [2.75, 3.05) is 13.1 Å². The van der Waals surface area contributed by atoms with E-state index in [0.29, 0.717) is 0 Å². The zero-order valence-electron chi connectivity index (χ0n) is 9.91. The molecule has 0 unspecified atom stereocenters. The van der Waals surface area contributed by atoms with Crippen LogP contribution in [0.25, 0.3) is 0 Å². The highest BCUT2D eigenvalue weighted by Gasteiger charge is 2.10. The summed E-state index contributed by atoms with van der Waals surface area (Å²) in [7, 11) is 0. The Hall–Kier alpha value is -1.15. The first-order valence-corrected chi connectivity index (χ1v) is 6.08.